The van der Waals surface area contributed by atoms with Crippen LogP contribution in [0.5, 0.6) is 0 Å². The van der Waals surface area contributed by atoms with Gasteiger partial charge in [-0.2, -0.15) is 0 Å². The van der Waals surface area contributed by atoms with Gasteiger partial charge >= 0.3 is 0 Å². The van der Waals surface area contributed by atoms with Crippen LogP contribution in [-0.4, -0.2) is 19.0 Å². The second-order valence-corrected chi connectivity index (χ2v) is 8.19. The summed E-state index contributed by atoms with van der Waals surface area (Å²) >= 11 is 1.58. The van der Waals surface area contributed by atoms with Crippen molar-refractivity contribution in [1.82, 2.24) is 5.32 Å². The Morgan fingerprint density at radius 3 is 2.50 bits per heavy atom. The van der Waals surface area contributed by atoms with E-state index in [0.29, 0.717) is 6.54 Å². The molecule has 1 amide bonds. The first-order valence-electron chi connectivity index (χ1n) is 9.39. The minimum absolute atomic E-state index is 0.0343. The number of fused-ring (bicyclic) bond motifs is 1. The molecule has 4 rings (SSSR count). The van der Waals surface area contributed by atoms with E-state index in [1.807, 2.05) is 19.1 Å². The Labute approximate surface area is 158 Å². The highest BCUT2D eigenvalue weighted by Crippen LogP contribution is 2.30. The standard InChI is InChI=1S/C22H24N2OS/c1-16-19-10-4-5-11-20(19)26-21(16)22(25)23-14-17-8-2-3-9-18(17)15-24-12-6-7-13-24/h2-5,8-11H,6-7,12-15H2,1H3,(H,23,25)/p+1. The summed E-state index contributed by atoms with van der Waals surface area (Å²) in [5.41, 5.74) is 3.68. The number of quaternary nitrogens is 1. The van der Waals surface area contributed by atoms with E-state index in [9.17, 15) is 4.79 Å². The number of rotatable bonds is 5. The minimum Gasteiger partial charge on any atom is -0.347 e. The van der Waals surface area contributed by atoms with Crippen molar-refractivity contribution in [2.75, 3.05) is 13.1 Å². The van der Waals surface area contributed by atoms with Gasteiger partial charge in [-0.05, 0) is 29.5 Å². The van der Waals surface area contributed by atoms with Crippen molar-refractivity contribution in [2.45, 2.75) is 32.9 Å². The van der Waals surface area contributed by atoms with Gasteiger partial charge in [-0.3, -0.25) is 4.79 Å². The average Bonchev–Trinajstić information content (AvgIpc) is 3.29. The monoisotopic (exact) mass is 365 g/mol. The first kappa shape index (κ1) is 17.3. The predicted octanol–water partition coefficient (Wildman–Crippen LogP) is 3.32. The van der Waals surface area contributed by atoms with Crippen LogP contribution in [0.4, 0.5) is 0 Å². The fourth-order valence-corrected chi connectivity index (χ4v) is 5.00. The number of amides is 1. The lowest BCUT2D eigenvalue weighted by atomic mass is 10.1. The Morgan fingerprint density at radius 1 is 1.04 bits per heavy atom. The molecule has 0 radical (unpaired) electrons. The van der Waals surface area contributed by atoms with Crippen LogP contribution in [0.1, 0.15) is 39.2 Å². The van der Waals surface area contributed by atoms with Crippen molar-refractivity contribution in [3.8, 4) is 0 Å². The molecule has 3 aromatic rings. The molecule has 0 bridgehead atoms. The van der Waals surface area contributed by atoms with E-state index in [1.54, 1.807) is 16.2 Å². The van der Waals surface area contributed by atoms with Crippen molar-refractivity contribution in [2.24, 2.45) is 0 Å². The normalized spacial score (nSPS) is 14.8. The molecule has 134 valence electrons. The van der Waals surface area contributed by atoms with Gasteiger partial charge in [0.15, 0.2) is 0 Å². The molecule has 2 aromatic carbocycles. The Bertz CT molecular complexity index is 925. The SMILES string of the molecule is Cc1c(C(=O)NCc2ccccc2C[NH+]2CCCC2)sc2ccccc12. The van der Waals surface area contributed by atoms with Gasteiger partial charge in [-0.25, -0.2) is 0 Å². The maximum atomic E-state index is 12.8. The van der Waals surface area contributed by atoms with Crippen LogP contribution in [0, 0.1) is 6.92 Å². The van der Waals surface area contributed by atoms with Crippen LogP contribution in [0.3, 0.4) is 0 Å². The topological polar surface area (TPSA) is 33.5 Å². The molecule has 0 saturated carbocycles. The molecule has 4 heteroatoms. The van der Waals surface area contributed by atoms with Crippen molar-refractivity contribution in [3.63, 3.8) is 0 Å². The predicted molar refractivity (Wildman–Crippen MR) is 108 cm³/mol. The lowest BCUT2D eigenvalue weighted by Gasteiger charge is -2.15. The van der Waals surface area contributed by atoms with Gasteiger partial charge in [0.2, 0.25) is 0 Å². The van der Waals surface area contributed by atoms with Crippen LogP contribution in [0.15, 0.2) is 48.5 Å². The third kappa shape index (κ3) is 3.53. The van der Waals surface area contributed by atoms with Crippen molar-refractivity contribution < 1.29 is 9.69 Å². The molecule has 0 atom stereocenters. The van der Waals surface area contributed by atoms with Gasteiger partial charge in [0.1, 0.15) is 6.54 Å². The zero-order valence-corrected chi connectivity index (χ0v) is 16.0. The second kappa shape index (κ2) is 7.60. The van der Waals surface area contributed by atoms with E-state index >= 15 is 0 Å². The van der Waals surface area contributed by atoms with Crippen LogP contribution in [0.25, 0.3) is 10.1 Å². The summed E-state index contributed by atoms with van der Waals surface area (Å²) in [7, 11) is 0. The summed E-state index contributed by atoms with van der Waals surface area (Å²) < 4.78 is 1.17. The van der Waals surface area contributed by atoms with E-state index in [-0.39, 0.29) is 5.91 Å². The fraction of sp³-hybridized carbons (Fsp3) is 0.318. The lowest BCUT2D eigenvalue weighted by molar-refractivity contribution is -0.901. The molecule has 0 unspecified atom stereocenters. The molecule has 1 aliphatic rings. The van der Waals surface area contributed by atoms with E-state index in [4.69, 9.17) is 0 Å². The minimum atomic E-state index is 0.0343. The molecular formula is C22H25N2OS+. The van der Waals surface area contributed by atoms with Crippen LogP contribution in [-0.2, 0) is 13.1 Å². The summed E-state index contributed by atoms with van der Waals surface area (Å²) in [5, 5.41) is 4.33. The average molecular weight is 366 g/mol. The highest BCUT2D eigenvalue weighted by Gasteiger charge is 2.18. The quantitative estimate of drug-likeness (QED) is 0.715. The number of carbonyl (C=O) groups excluding carboxylic acids is 1. The summed E-state index contributed by atoms with van der Waals surface area (Å²) in [6.07, 6.45) is 2.67. The molecule has 2 heterocycles. The van der Waals surface area contributed by atoms with E-state index in [2.05, 4.69) is 41.7 Å². The first-order chi connectivity index (χ1) is 12.7. The molecule has 1 aromatic heterocycles. The molecule has 2 N–H and O–H groups in total. The molecule has 26 heavy (non-hydrogen) atoms. The van der Waals surface area contributed by atoms with Gasteiger partial charge in [-0.1, -0.05) is 42.5 Å². The van der Waals surface area contributed by atoms with E-state index in [1.165, 1.54) is 47.1 Å². The summed E-state index contributed by atoms with van der Waals surface area (Å²) in [4.78, 5) is 15.2. The van der Waals surface area contributed by atoms with Crippen molar-refractivity contribution in [3.05, 3.63) is 70.1 Å². The zero-order valence-electron chi connectivity index (χ0n) is 15.2. The van der Waals surface area contributed by atoms with Crippen molar-refractivity contribution in [1.29, 1.82) is 0 Å². The Morgan fingerprint density at radius 2 is 1.73 bits per heavy atom. The lowest BCUT2D eigenvalue weighted by Crippen LogP contribution is -3.08. The second-order valence-electron chi connectivity index (χ2n) is 7.14. The van der Waals surface area contributed by atoms with Gasteiger partial charge in [-0.15, -0.1) is 11.3 Å². The highest BCUT2D eigenvalue weighted by molar-refractivity contribution is 7.21. The number of hydrogen-bond acceptors (Lipinski definition) is 2. The Kier molecular flexibility index (Phi) is 5.05. The number of benzene rings is 2. The largest absolute Gasteiger partial charge is 0.347 e. The Balaban J connectivity index is 1.48. The fourth-order valence-electron chi connectivity index (χ4n) is 3.87. The molecule has 3 nitrogen and oxygen atoms in total. The van der Waals surface area contributed by atoms with Gasteiger partial charge in [0.05, 0.1) is 18.0 Å². The van der Waals surface area contributed by atoms with Gasteiger partial charge in [0, 0.05) is 29.6 Å². The van der Waals surface area contributed by atoms with Crippen LogP contribution >= 0.6 is 11.3 Å². The molecule has 0 aliphatic carbocycles. The number of nitrogens with one attached hydrogen (secondary N) is 2. The third-order valence-electron chi connectivity index (χ3n) is 5.36. The van der Waals surface area contributed by atoms with E-state index < -0.39 is 0 Å². The third-order valence-corrected chi connectivity index (χ3v) is 6.63. The van der Waals surface area contributed by atoms with E-state index in [0.717, 1.165) is 17.0 Å². The van der Waals surface area contributed by atoms with Gasteiger partial charge < -0.3 is 10.2 Å². The number of likely N-dealkylation sites (tertiary alicyclic amines) is 1. The number of hydrogen-bond donors (Lipinski definition) is 2. The smallest absolute Gasteiger partial charge is 0.261 e. The maximum absolute atomic E-state index is 12.8. The summed E-state index contributed by atoms with van der Waals surface area (Å²) in [6.45, 7) is 6.23. The Hall–Kier alpha value is -2.17. The first-order valence-corrected chi connectivity index (χ1v) is 10.2. The molecule has 1 fully saturated rings. The van der Waals surface area contributed by atoms with Crippen LogP contribution < -0.4 is 10.2 Å². The summed E-state index contributed by atoms with van der Waals surface area (Å²) in [6, 6.07) is 16.7. The zero-order chi connectivity index (χ0) is 17.9. The number of carbonyl (C=O) groups is 1. The number of aryl methyl sites for hydroxylation is 1. The van der Waals surface area contributed by atoms with Crippen molar-refractivity contribution >= 4 is 27.3 Å². The molecular weight excluding hydrogens is 340 g/mol. The van der Waals surface area contributed by atoms with Gasteiger partial charge in [0.25, 0.3) is 5.91 Å². The number of thiophene rings is 1. The summed E-state index contributed by atoms with van der Waals surface area (Å²) in [5.74, 6) is 0.0343. The van der Waals surface area contributed by atoms with Crippen LogP contribution in [0.2, 0.25) is 0 Å². The highest BCUT2D eigenvalue weighted by atomic mass is 32.1. The maximum Gasteiger partial charge on any atom is 0.261 e. The molecule has 1 saturated heterocycles. The molecule has 0 spiro atoms. The molecule has 1 aliphatic heterocycles.